The molecule has 0 aromatic carbocycles. The highest BCUT2D eigenvalue weighted by atomic mass is 127. The summed E-state index contributed by atoms with van der Waals surface area (Å²) in [6.07, 6.45) is 40.4. The van der Waals surface area contributed by atoms with Gasteiger partial charge in [-0.1, -0.05) is 169 Å². The summed E-state index contributed by atoms with van der Waals surface area (Å²) in [5.74, 6) is -0.347. The molecule has 0 unspecified atom stereocenters. The molecule has 0 bridgehead atoms. The van der Waals surface area contributed by atoms with Crippen LogP contribution >= 0.6 is 22.6 Å². The molecule has 0 aromatic heterocycles. The number of hydrogen-bond donors (Lipinski definition) is 0. The second-order valence-corrected chi connectivity index (χ2v) is 12.4. The summed E-state index contributed by atoms with van der Waals surface area (Å²) in [7, 11) is 0. The summed E-state index contributed by atoms with van der Waals surface area (Å²) >= 11 is 2.19. The van der Waals surface area contributed by atoms with Crippen LogP contribution in [0.3, 0.4) is 0 Å². The number of esters is 2. The highest BCUT2D eigenvalue weighted by Gasteiger charge is 2.15. The van der Waals surface area contributed by atoms with Crippen molar-refractivity contribution in [2.24, 2.45) is 0 Å². The summed E-state index contributed by atoms with van der Waals surface area (Å²) in [5.41, 5.74) is 0. The standard InChI is InChI=1S/C37H65IO4/c1-3-5-7-9-11-13-15-17-18-20-21-23-25-27-29-31-36(39)41-34-35(33-38)42-37(40)32-30-28-26-24-22-19-16-14-12-10-8-6-4-2/h5,7,11,13,17-18,35H,3-4,6,8-10,12,14-16,19-34H2,1-2H3/b7-5-,13-11-,18-17-/t35-/m1/s1. The smallest absolute Gasteiger partial charge is 0.306 e. The van der Waals surface area contributed by atoms with E-state index in [9.17, 15) is 9.59 Å². The molecule has 42 heavy (non-hydrogen) atoms. The van der Waals surface area contributed by atoms with Gasteiger partial charge in [-0.05, 0) is 44.9 Å². The summed E-state index contributed by atoms with van der Waals surface area (Å²) in [5, 5.41) is 0. The average molecular weight is 701 g/mol. The molecule has 0 amide bonds. The average Bonchev–Trinajstić information content (AvgIpc) is 2.99. The summed E-state index contributed by atoms with van der Waals surface area (Å²) in [6, 6.07) is 0. The minimum absolute atomic E-state index is 0.165. The minimum atomic E-state index is -0.342. The van der Waals surface area contributed by atoms with E-state index >= 15 is 0 Å². The molecule has 4 nitrogen and oxygen atoms in total. The van der Waals surface area contributed by atoms with Gasteiger partial charge in [0.05, 0.1) is 0 Å². The molecular formula is C37H65IO4. The van der Waals surface area contributed by atoms with Gasteiger partial charge >= 0.3 is 11.9 Å². The normalized spacial score (nSPS) is 12.5. The monoisotopic (exact) mass is 700 g/mol. The Kier molecular flexibility index (Phi) is 33.5. The van der Waals surface area contributed by atoms with Crippen molar-refractivity contribution in [2.75, 3.05) is 11.0 Å². The third kappa shape index (κ3) is 31.8. The molecule has 0 fully saturated rings. The maximum Gasteiger partial charge on any atom is 0.306 e. The first-order chi connectivity index (χ1) is 20.6. The van der Waals surface area contributed by atoms with Crippen molar-refractivity contribution < 1.29 is 19.1 Å². The number of allylic oxidation sites excluding steroid dienone is 6. The Morgan fingerprint density at radius 3 is 1.55 bits per heavy atom. The van der Waals surface area contributed by atoms with E-state index in [2.05, 4.69) is 72.9 Å². The molecule has 0 N–H and O–H groups in total. The molecule has 0 heterocycles. The Labute approximate surface area is 274 Å². The summed E-state index contributed by atoms with van der Waals surface area (Å²) in [4.78, 5) is 24.3. The van der Waals surface area contributed by atoms with Crippen LogP contribution in [-0.4, -0.2) is 29.1 Å². The van der Waals surface area contributed by atoms with Crippen LogP contribution in [-0.2, 0) is 19.1 Å². The van der Waals surface area contributed by atoms with Gasteiger partial charge in [0.15, 0.2) is 0 Å². The number of carbonyl (C=O) groups excluding carboxylic acids is 2. The van der Waals surface area contributed by atoms with Crippen LogP contribution in [0.4, 0.5) is 0 Å². The molecule has 5 heteroatoms. The van der Waals surface area contributed by atoms with Crippen molar-refractivity contribution in [2.45, 2.75) is 174 Å². The van der Waals surface area contributed by atoms with Crippen LogP contribution in [0.5, 0.6) is 0 Å². The molecule has 0 aliphatic rings. The number of ether oxygens (including phenoxy) is 2. The third-order valence-corrected chi connectivity index (χ3v) is 8.40. The van der Waals surface area contributed by atoms with Crippen molar-refractivity contribution in [1.82, 2.24) is 0 Å². The van der Waals surface area contributed by atoms with Crippen LogP contribution < -0.4 is 0 Å². The van der Waals surface area contributed by atoms with Crippen LogP contribution in [0.25, 0.3) is 0 Å². The second-order valence-electron chi connectivity index (χ2n) is 11.5. The lowest BCUT2D eigenvalue weighted by Gasteiger charge is -2.15. The van der Waals surface area contributed by atoms with Crippen molar-refractivity contribution in [3.8, 4) is 0 Å². The number of hydrogen-bond acceptors (Lipinski definition) is 4. The lowest BCUT2D eigenvalue weighted by Crippen LogP contribution is -2.26. The largest absolute Gasteiger partial charge is 0.462 e. The fraction of sp³-hybridized carbons (Fsp3) is 0.784. The first kappa shape index (κ1) is 40.9. The van der Waals surface area contributed by atoms with Crippen molar-refractivity contribution in [1.29, 1.82) is 0 Å². The molecule has 0 saturated carbocycles. The molecule has 0 rings (SSSR count). The van der Waals surface area contributed by atoms with Gasteiger partial charge in [-0.2, -0.15) is 0 Å². The maximum atomic E-state index is 12.2. The van der Waals surface area contributed by atoms with E-state index in [1.54, 1.807) is 0 Å². The van der Waals surface area contributed by atoms with E-state index in [1.807, 2.05) is 0 Å². The predicted molar refractivity (Wildman–Crippen MR) is 189 cm³/mol. The van der Waals surface area contributed by atoms with Gasteiger partial charge < -0.3 is 9.47 Å². The van der Waals surface area contributed by atoms with E-state index in [0.717, 1.165) is 57.8 Å². The Morgan fingerprint density at radius 2 is 1.02 bits per heavy atom. The van der Waals surface area contributed by atoms with E-state index < -0.39 is 0 Å². The van der Waals surface area contributed by atoms with Crippen LogP contribution in [0, 0.1) is 0 Å². The van der Waals surface area contributed by atoms with E-state index in [0.29, 0.717) is 17.3 Å². The fourth-order valence-corrected chi connectivity index (χ4v) is 5.22. The Balaban J connectivity index is 3.60. The second kappa shape index (κ2) is 34.4. The Morgan fingerprint density at radius 1 is 0.571 bits per heavy atom. The zero-order valence-corrected chi connectivity index (χ0v) is 29.6. The number of unbranched alkanes of at least 4 members (excludes halogenated alkanes) is 17. The number of halogens is 1. The first-order valence-electron chi connectivity index (χ1n) is 17.5. The molecule has 244 valence electrons. The minimum Gasteiger partial charge on any atom is -0.462 e. The van der Waals surface area contributed by atoms with Gasteiger partial charge in [-0.15, -0.1) is 0 Å². The molecule has 0 saturated heterocycles. The number of alkyl halides is 1. The molecule has 0 aliphatic heterocycles. The molecule has 0 spiro atoms. The highest BCUT2D eigenvalue weighted by Crippen LogP contribution is 2.14. The van der Waals surface area contributed by atoms with E-state index in [4.69, 9.17) is 9.47 Å². The molecule has 0 aromatic rings. The number of carbonyl (C=O) groups is 2. The van der Waals surface area contributed by atoms with Crippen LogP contribution in [0.15, 0.2) is 36.5 Å². The first-order valence-corrected chi connectivity index (χ1v) is 19.0. The maximum absolute atomic E-state index is 12.2. The summed E-state index contributed by atoms with van der Waals surface area (Å²) in [6.45, 7) is 4.59. The van der Waals surface area contributed by atoms with Crippen molar-refractivity contribution >= 4 is 34.5 Å². The van der Waals surface area contributed by atoms with Crippen molar-refractivity contribution in [3.05, 3.63) is 36.5 Å². The zero-order valence-electron chi connectivity index (χ0n) is 27.4. The summed E-state index contributed by atoms with van der Waals surface area (Å²) < 4.78 is 11.6. The van der Waals surface area contributed by atoms with Gasteiger partial charge in [-0.25, -0.2) is 0 Å². The lowest BCUT2D eigenvalue weighted by atomic mass is 10.0. The van der Waals surface area contributed by atoms with Gasteiger partial charge in [0.25, 0.3) is 0 Å². The number of rotatable bonds is 31. The Bertz CT molecular complexity index is 685. The molecule has 1 atom stereocenters. The van der Waals surface area contributed by atoms with Crippen LogP contribution in [0.2, 0.25) is 0 Å². The predicted octanol–water partition coefficient (Wildman–Crippen LogP) is 11.9. The lowest BCUT2D eigenvalue weighted by molar-refractivity contribution is -0.157. The molecule has 0 radical (unpaired) electrons. The van der Waals surface area contributed by atoms with Gasteiger partial charge in [0.2, 0.25) is 0 Å². The molecule has 0 aliphatic carbocycles. The molecular weight excluding hydrogens is 635 g/mol. The van der Waals surface area contributed by atoms with Crippen molar-refractivity contribution in [3.63, 3.8) is 0 Å². The quantitative estimate of drug-likeness (QED) is 0.0237. The Hall–Kier alpha value is -1.11. The zero-order chi connectivity index (χ0) is 30.8. The SMILES string of the molecule is CC/C=C\C/C=C\C/C=C\CCCCCCCC(=O)OC[C@@H](CI)OC(=O)CCCCCCCCCCCCCCC. The van der Waals surface area contributed by atoms with Gasteiger partial charge in [0.1, 0.15) is 12.7 Å². The van der Waals surface area contributed by atoms with Crippen LogP contribution in [0.1, 0.15) is 168 Å². The van der Waals surface area contributed by atoms with Gasteiger partial charge in [0, 0.05) is 17.3 Å². The highest BCUT2D eigenvalue weighted by molar-refractivity contribution is 14.1. The van der Waals surface area contributed by atoms with E-state index in [-0.39, 0.29) is 24.6 Å². The third-order valence-electron chi connectivity index (χ3n) is 7.42. The van der Waals surface area contributed by atoms with E-state index in [1.165, 1.54) is 83.5 Å². The fourth-order valence-electron chi connectivity index (χ4n) is 4.79. The topological polar surface area (TPSA) is 52.6 Å². The van der Waals surface area contributed by atoms with Gasteiger partial charge in [-0.3, -0.25) is 9.59 Å².